The number of aryl methyl sites for hydroxylation is 1. The van der Waals surface area contributed by atoms with Crippen LogP contribution in [0.2, 0.25) is 0 Å². The SMILES string of the molecule is CCc1ccnc(-c2cnc(-n3cc([S+](C)[O-])c4ccc(C(=O)N5CC6CC5CN6)cc43)nc2)c1. The van der Waals surface area contributed by atoms with Gasteiger partial charge in [0, 0.05) is 54.9 Å². The summed E-state index contributed by atoms with van der Waals surface area (Å²) in [5, 5.41) is 4.27. The second-order valence-corrected chi connectivity index (χ2v) is 10.5. The molecular formula is C26H26N6O2S. The van der Waals surface area contributed by atoms with E-state index in [1.807, 2.05) is 46.0 Å². The Morgan fingerprint density at radius 1 is 1.20 bits per heavy atom. The molecule has 178 valence electrons. The zero-order valence-electron chi connectivity index (χ0n) is 19.6. The fraction of sp³-hybridized carbons (Fsp3) is 0.308. The maximum absolute atomic E-state index is 13.3. The molecule has 35 heavy (non-hydrogen) atoms. The third kappa shape index (κ3) is 3.89. The molecule has 0 radical (unpaired) electrons. The van der Waals surface area contributed by atoms with E-state index >= 15 is 0 Å². The van der Waals surface area contributed by atoms with Crippen LogP contribution in [0.5, 0.6) is 0 Å². The quantitative estimate of drug-likeness (QED) is 0.436. The lowest BCUT2D eigenvalue weighted by atomic mass is 10.1. The molecule has 0 spiro atoms. The van der Waals surface area contributed by atoms with Crippen molar-refractivity contribution in [2.24, 2.45) is 0 Å². The molecule has 3 unspecified atom stereocenters. The van der Waals surface area contributed by atoms with Gasteiger partial charge in [0.15, 0.2) is 4.90 Å². The number of hydrogen-bond acceptors (Lipinski definition) is 6. The van der Waals surface area contributed by atoms with E-state index in [0.29, 0.717) is 22.4 Å². The van der Waals surface area contributed by atoms with Crippen molar-refractivity contribution in [1.29, 1.82) is 0 Å². The van der Waals surface area contributed by atoms with Crippen molar-refractivity contribution in [3.05, 3.63) is 66.2 Å². The van der Waals surface area contributed by atoms with Crippen molar-refractivity contribution < 1.29 is 9.35 Å². The van der Waals surface area contributed by atoms with Gasteiger partial charge >= 0.3 is 0 Å². The van der Waals surface area contributed by atoms with Crippen LogP contribution < -0.4 is 5.32 Å². The predicted octanol–water partition coefficient (Wildman–Crippen LogP) is 2.97. The Morgan fingerprint density at radius 3 is 2.71 bits per heavy atom. The highest BCUT2D eigenvalue weighted by Crippen LogP contribution is 2.31. The number of nitrogens with one attached hydrogen (secondary N) is 1. The fourth-order valence-corrected chi connectivity index (χ4v) is 5.86. The lowest BCUT2D eigenvalue weighted by Gasteiger charge is -2.27. The Labute approximate surface area is 206 Å². The van der Waals surface area contributed by atoms with Crippen molar-refractivity contribution >= 4 is 28.0 Å². The van der Waals surface area contributed by atoms with Gasteiger partial charge in [-0.15, -0.1) is 0 Å². The predicted molar refractivity (Wildman–Crippen MR) is 135 cm³/mol. The zero-order chi connectivity index (χ0) is 24.1. The lowest BCUT2D eigenvalue weighted by Crippen LogP contribution is -2.46. The first-order chi connectivity index (χ1) is 17.0. The van der Waals surface area contributed by atoms with E-state index in [-0.39, 0.29) is 11.9 Å². The zero-order valence-corrected chi connectivity index (χ0v) is 20.5. The largest absolute Gasteiger partial charge is 0.612 e. The van der Waals surface area contributed by atoms with Crippen LogP contribution in [0.4, 0.5) is 0 Å². The average molecular weight is 487 g/mol. The highest BCUT2D eigenvalue weighted by Gasteiger charge is 2.40. The molecule has 1 N–H and O–H groups in total. The molecular weight excluding hydrogens is 460 g/mol. The van der Waals surface area contributed by atoms with Crippen LogP contribution >= 0.6 is 0 Å². The number of carbonyl (C=O) groups is 1. The van der Waals surface area contributed by atoms with Crippen molar-refractivity contribution in [3.8, 4) is 17.2 Å². The maximum Gasteiger partial charge on any atom is 0.254 e. The molecule has 8 nitrogen and oxygen atoms in total. The minimum atomic E-state index is -1.20. The van der Waals surface area contributed by atoms with Crippen molar-refractivity contribution in [2.75, 3.05) is 19.3 Å². The first-order valence-electron chi connectivity index (χ1n) is 11.8. The first kappa shape index (κ1) is 22.2. The number of amides is 1. The number of hydrogen-bond donors (Lipinski definition) is 1. The summed E-state index contributed by atoms with van der Waals surface area (Å²) in [4.78, 5) is 29.6. The van der Waals surface area contributed by atoms with Gasteiger partial charge in [0.1, 0.15) is 6.26 Å². The lowest BCUT2D eigenvalue weighted by molar-refractivity contribution is 0.0716. The molecule has 2 bridgehead atoms. The summed E-state index contributed by atoms with van der Waals surface area (Å²) >= 11 is -1.20. The second kappa shape index (κ2) is 8.75. The number of aromatic nitrogens is 4. The molecule has 2 aliphatic heterocycles. The monoisotopic (exact) mass is 486 g/mol. The van der Waals surface area contributed by atoms with E-state index < -0.39 is 11.2 Å². The topological polar surface area (TPSA) is 99.0 Å². The standard InChI is InChI=1S/C26H26N6O2S/c1-3-16-6-7-27-22(8-16)18-11-29-26(30-12-18)32-15-24(35(2)34)21-5-4-17(9-23(21)32)25(33)31-14-19-10-20(31)13-28-19/h4-9,11-12,15,19-20,28H,3,10,13-14H2,1-2H3. The normalized spacial score (nSPS) is 20.0. The summed E-state index contributed by atoms with van der Waals surface area (Å²) in [5.41, 5.74) is 4.24. The number of carbonyl (C=O) groups excluding carboxylic acids is 1. The highest BCUT2D eigenvalue weighted by molar-refractivity contribution is 7.91. The third-order valence-electron chi connectivity index (χ3n) is 7.03. The van der Waals surface area contributed by atoms with Crippen LogP contribution in [0.1, 0.15) is 29.3 Å². The van der Waals surface area contributed by atoms with E-state index in [1.165, 1.54) is 5.56 Å². The molecule has 4 aromatic rings. The number of nitrogens with zero attached hydrogens (tertiary/aromatic N) is 5. The van der Waals surface area contributed by atoms with Gasteiger partial charge in [-0.1, -0.05) is 6.92 Å². The van der Waals surface area contributed by atoms with Crippen molar-refractivity contribution in [1.82, 2.24) is 29.7 Å². The number of piperazine rings is 1. The molecule has 1 amide bonds. The van der Waals surface area contributed by atoms with Crippen LogP contribution in [0.3, 0.4) is 0 Å². The number of pyridine rings is 1. The summed E-state index contributed by atoms with van der Waals surface area (Å²) in [6, 6.07) is 10.3. The molecule has 6 rings (SSSR count). The van der Waals surface area contributed by atoms with Gasteiger partial charge in [-0.3, -0.25) is 14.3 Å². The first-order valence-corrected chi connectivity index (χ1v) is 13.4. The van der Waals surface area contributed by atoms with Crippen molar-refractivity contribution in [2.45, 2.75) is 36.7 Å². The van der Waals surface area contributed by atoms with Crippen LogP contribution in [-0.4, -0.2) is 66.3 Å². The molecule has 2 aliphatic rings. The molecule has 1 aromatic carbocycles. The Morgan fingerprint density at radius 2 is 2.03 bits per heavy atom. The molecule has 0 saturated carbocycles. The summed E-state index contributed by atoms with van der Waals surface area (Å²) in [7, 11) is 0. The van der Waals surface area contributed by atoms with Gasteiger partial charge in [-0.2, -0.15) is 0 Å². The van der Waals surface area contributed by atoms with Gasteiger partial charge in [0.25, 0.3) is 5.91 Å². The number of likely N-dealkylation sites (tertiary alicyclic amines) is 1. The van der Waals surface area contributed by atoms with E-state index in [4.69, 9.17) is 0 Å². The third-order valence-corrected chi connectivity index (χ3v) is 7.97. The Balaban J connectivity index is 1.38. The Bertz CT molecular complexity index is 1420. The van der Waals surface area contributed by atoms with E-state index in [2.05, 4.69) is 27.2 Å². The minimum Gasteiger partial charge on any atom is -0.612 e. The summed E-state index contributed by atoms with van der Waals surface area (Å²) < 4.78 is 14.3. The summed E-state index contributed by atoms with van der Waals surface area (Å²) in [5.74, 6) is 0.488. The average Bonchev–Trinajstić information content (AvgIpc) is 3.62. The van der Waals surface area contributed by atoms with Gasteiger partial charge in [-0.25, -0.2) is 9.97 Å². The Kier molecular flexibility index (Phi) is 5.55. The van der Waals surface area contributed by atoms with Gasteiger partial charge < -0.3 is 14.8 Å². The van der Waals surface area contributed by atoms with Crippen LogP contribution in [0.25, 0.3) is 28.1 Å². The van der Waals surface area contributed by atoms with Gasteiger partial charge in [0.05, 0.1) is 22.8 Å². The van der Waals surface area contributed by atoms with E-state index in [1.54, 1.807) is 24.8 Å². The van der Waals surface area contributed by atoms with Gasteiger partial charge in [-0.05, 0) is 59.9 Å². The molecule has 9 heteroatoms. The molecule has 5 heterocycles. The minimum absolute atomic E-state index is 0.0333. The summed E-state index contributed by atoms with van der Waals surface area (Å²) in [6.45, 7) is 3.70. The smallest absolute Gasteiger partial charge is 0.254 e. The van der Waals surface area contributed by atoms with Crippen LogP contribution in [0, 0.1) is 0 Å². The van der Waals surface area contributed by atoms with Gasteiger partial charge in [0.2, 0.25) is 5.95 Å². The highest BCUT2D eigenvalue weighted by atomic mass is 32.2. The molecule has 3 aromatic heterocycles. The fourth-order valence-electron chi connectivity index (χ4n) is 5.13. The molecule has 2 fully saturated rings. The molecule has 3 atom stereocenters. The van der Waals surface area contributed by atoms with Crippen LogP contribution in [-0.2, 0) is 17.6 Å². The van der Waals surface area contributed by atoms with Crippen molar-refractivity contribution in [3.63, 3.8) is 0 Å². The number of rotatable bonds is 5. The number of fused-ring (bicyclic) bond motifs is 3. The second-order valence-electron chi connectivity index (χ2n) is 9.18. The summed E-state index contributed by atoms with van der Waals surface area (Å²) in [6.07, 6.45) is 10.7. The number of benzene rings is 1. The molecule has 0 aliphatic carbocycles. The van der Waals surface area contributed by atoms with Crippen LogP contribution in [0.15, 0.2) is 60.0 Å². The van der Waals surface area contributed by atoms with E-state index in [9.17, 15) is 9.35 Å². The maximum atomic E-state index is 13.3. The molecule has 2 saturated heterocycles. The Hall–Kier alpha value is -3.27. The van der Waals surface area contributed by atoms with E-state index in [0.717, 1.165) is 48.1 Å².